The van der Waals surface area contributed by atoms with Crippen LogP contribution in [-0.4, -0.2) is 17.6 Å². The molecule has 0 saturated carbocycles. The first-order valence-electron chi connectivity index (χ1n) is 3.99. The van der Waals surface area contributed by atoms with Crippen LogP contribution in [0.3, 0.4) is 0 Å². The Hall–Kier alpha value is -2.09. The van der Waals surface area contributed by atoms with Gasteiger partial charge in [0, 0.05) is 18.0 Å². The van der Waals surface area contributed by atoms with Crippen LogP contribution in [0.25, 0.3) is 0 Å². The van der Waals surface area contributed by atoms with Gasteiger partial charge in [-0.15, -0.1) is 0 Å². The van der Waals surface area contributed by atoms with Crippen molar-refractivity contribution in [3.63, 3.8) is 0 Å². The fraction of sp³-hybridized carbons (Fsp3) is 0.222. The number of aromatic nitrogens is 1. The molecule has 5 nitrogen and oxygen atoms in total. The number of amides is 1. The molecule has 1 rings (SSSR count). The van der Waals surface area contributed by atoms with Crippen LogP contribution in [-0.2, 0) is 11.3 Å². The van der Waals surface area contributed by atoms with Gasteiger partial charge in [0.05, 0.1) is 6.07 Å². The molecular formula is C9H9N3O2. The molecule has 0 atom stereocenters. The number of rotatable bonds is 3. The molecule has 0 aliphatic rings. The summed E-state index contributed by atoms with van der Waals surface area (Å²) in [4.78, 5) is 14.7. The van der Waals surface area contributed by atoms with Gasteiger partial charge in [0.25, 0.3) is 0 Å². The van der Waals surface area contributed by atoms with E-state index in [1.165, 1.54) is 0 Å². The minimum absolute atomic E-state index is 0.0497. The topological polar surface area (TPSA) is 75.0 Å². The van der Waals surface area contributed by atoms with Crippen LogP contribution in [0.15, 0.2) is 24.5 Å². The Kier molecular flexibility index (Phi) is 3.95. The van der Waals surface area contributed by atoms with Crippen molar-refractivity contribution in [2.24, 2.45) is 0 Å². The molecule has 1 N–H and O–H groups in total. The van der Waals surface area contributed by atoms with E-state index in [9.17, 15) is 4.79 Å². The number of alkyl carbamates (subject to hydrolysis) is 1. The summed E-state index contributed by atoms with van der Waals surface area (Å²) in [6.45, 7) is 0.108. The number of pyridine rings is 1. The fourth-order valence-electron chi connectivity index (χ4n) is 0.795. The normalized spacial score (nSPS) is 8.79. The number of ether oxygens (including phenoxy) is 1. The predicted octanol–water partition coefficient (Wildman–Crippen LogP) is 0.831. The van der Waals surface area contributed by atoms with Crippen molar-refractivity contribution >= 4 is 6.09 Å². The molecule has 0 fully saturated rings. The van der Waals surface area contributed by atoms with Crippen molar-refractivity contribution in [2.75, 3.05) is 6.54 Å². The first-order valence-corrected chi connectivity index (χ1v) is 3.99. The van der Waals surface area contributed by atoms with Gasteiger partial charge in [-0.3, -0.25) is 4.98 Å². The SMILES string of the molecule is N#CCNC(=O)OCc1cccnc1. The molecule has 5 heteroatoms. The number of hydrogen-bond acceptors (Lipinski definition) is 4. The monoisotopic (exact) mass is 191 g/mol. The molecule has 0 unspecified atom stereocenters. The van der Waals surface area contributed by atoms with E-state index in [1.807, 2.05) is 0 Å². The second-order valence-electron chi connectivity index (χ2n) is 2.45. The molecule has 72 valence electrons. The molecular weight excluding hydrogens is 182 g/mol. The van der Waals surface area contributed by atoms with Crippen molar-refractivity contribution in [3.8, 4) is 6.07 Å². The largest absolute Gasteiger partial charge is 0.445 e. The number of hydrogen-bond donors (Lipinski definition) is 1. The minimum atomic E-state index is -0.601. The van der Waals surface area contributed by atoms with E-state index in [4.69, 9.17) is 10.00 Å². The highest BCUT2D eigenvalue weighted by Crippen LogP contribution is 1.97. The van der Waals surface area contributed by atoms with Crippen molar-refractivity contribution in [1.82, 2.24) is 10.3 Å². The number of carbonyl (C=O) groups excluding carboxylic acids is 1. The van der Waals surface area contributed by atoms with Gasteiger partial charge in [-0.05, 0) is 6.07 Å². The van der Waals surface area contributed by atoms with Gasteiger partial charge in [-0.1, -0.05) is 6.07 Å². The molecule has 0 bridgehead atoms. The van der Waals surface area contributed by atoms with E-state index in [0.717, 1.165) is 5.56 Å². The minimum Gasteiger partial charge on any atom is -0.445 e. The molecule has 0 radical (unpaired) electrons. The Morgan fingerprint density at radius 2 is 2.57 bits per heavy atom. The Bertz CT molecular complexity index is 332. The molecule has 0 aliphatic carbocycles. The molecule has 1 aromatic heterocycles. The Balaban J connectivity index is 2.28. The average Bonchev–Trinajstić information content (AvgIpc) is 2.25. The van der Waals surface area contributed by atoms with Crippen molar-refractivity contribution in [3.05, 3.63) is 30.1 Å². The Morgan fingerprint density at radius 1 is 1.71 bits per heavy atom. The number of carbonyl (C=O) groups is 1. The molecule has 0 saturated heterocycles. The zero-order valence-electron chi connectivity index (χ0n) is 7.43. The highest BCUT2D eigenvalue weighted by atomic mass is 16.5. The number of nitrogens with zero attached hydrogens (tertiary/aromatic N) is 2. The van der Waals surface area contributed by atoms with Crippen LogP contribution in [0.4, 0.5) is 4.79 Å². The Morgan fingerprint density at radius 3 is 3.21 bits per heavy atom. The third-order valence-corrected chi connectivity index (χ3v) is 1.40. The van der Waals surface area contributed by atoms with Crippen LogP contribution in [0.1, 0.15) is 5.56 Å². The lowest BCUT2D eigenvalue weighted by Gasteiger charge is -2.03. The lowest BCUT2D eigenvalue weighted by atomic mass is 10.3. The van der Waals surface area contributed by atoms with Crippen LogP contribution < -0.4 is 5.32 Å². The average molecular weight is 191 g/mol. The predicted molar refractivity (Wildman–Crippen MR) is 48.0 cm³/mol. The summed E-state index contributed by atoms with van der Waals surface area (Å²) in [6, 6.07) is 5.32. The molecule has 1 heterocycles. The lowest BCUT2D eigenvalue weighted by molar-refractivity contribution is 0.141. The fourth-order valence-corrected chi connectivity index (χ4v) is 0.795. The van der Waals surface area contributed by atoms with Crippen LogP contribution in [0.5, 0.6) is 0 Å². The molecule has 14 heavy (non-hydrogen) atoms. The van der Waals surface area contributed by atoms with E-state index in [-0.39, 0.29) is 13.2 Å². The van der Waals surface area contributed by atoms with Gasteiger partial charge >= 0.3 is 6.09 Å². The smallest absolute Gasteiger partial charge is 0.408 e. The Labute approximate surface area is 81.3 Å². The highest BCUT2D eigenvalue weighted by Gasteiger charge is 2.00. The zero-order valence-corrected chi connectivity index (χ0v) is 7.43. The first-order chi connectivity index (χ1) is 6.83. The summed E-state index contributed by atoms with van der Waals surface area (Å²) in [7, 11) is 0. The second-order valence-corrected chi connectivity index (χ2v) is 2.45. The van der Waals surface area contributed by atoms with Gasteiger partial charge in [0.15, 0.2) is 0 Å². The van der Waals surface area contributed by atoms with Crippen LogP contribution >= 0.6 is 0 Å². The van der Waals surface area contributed by atoms with Gasteiger partial charge in [-0.25, -0.2) is 4.79 Å². The van der Waals surface area contributed by atoms with Gasteiger partial charge < -0.3 is 10.1 Å². The third-order valence-electron chi connectivity index (χ3n) is 1.40. The quantitative estimate of drug-likeness (QED) is 0.718. The van der Waals surface area contributed by atoms with E-state index in [2.05, 4.69) is 10.3 Å². The van der Waals surface area contributed by atoms with E-state index < -0.39 is 6.09 Å². The van der Waals surface area contributed by atoms with Crippen molar-refractivity contribution in [2.45, 2.75) is 6.61 Å². The van der Waals surface area contributed by atoms with Gasteiger partial charge in [-0.2, -0.15) is 5.26 Å². The second kappa shape index (κ2) is 5.54. The van der Waals surface area contributed by atoms with Gasteiger partial charge in [0.1, 0.15) is 13.2 Å². The zero-order chi connectivity index (χ0) is 10.2. The molecule has 0 aliphatic heterocycles. The molecule has 1 amide bonds. The standard InChI is InChI=1S/C9H9N3O2/c10-3-5-12-9(13)14-7-8-2-1-4-11-6-8/h1-2,4,6H,5,7H2,(H,12,13). The first kappa shape index (κ1) is 9.99. The van der Waals surface area contributed by atoms with Crippen molar-refractivity contribution in [1.29, 1.82) is 5.26 Å². The number of nitrogens with one attached hydrogen (secondary N) is 1. The molecule has 0 spiro atoms. The lowest BCUT2D eigenvalue weighted by Crippen LogP contribution is -2.24. The third kappa shape index (κ3) is 3.54. The van der Waals surface area contributed by atoms with Crippen molar-refractivity contribution < 1.29 is 9.53 Å². The summed E-state index contributed by atoms with van der Waals surface area (Å²) in [5, 5.41) is 10.4. The number of nitriles is 1. The van der Waals surface area contributed by atoms with E-state index in [1.54, 1.807) is 30.6 Å². The maximum Gasteiger partial charge on any atom is 0.408 e. The van der Waals surface area contributed by atoms with Gasteiger partial charge in [0.2, 0.25) is 0 Å². The summed E-state index contributed by atoms with van der Waals surface area (Å²) >= 11 is 0. The summed E-state index contributed by atoms with van der Waals surface area (Å²) < 4.78 is 4.79. The van der Waals surface area contributed by atoms with E-state index >= 15 is 0 Å². The summed E-state index contributed by atoms with van der Waals surface area (Å²) in [5.41, 5.74) is 0.805. The maximum absolute atomic E-state index is 10.9. The molecule has 1 aromatic rings. The molecule has 0 aromatic carbocycles. The van der Waals surface area contributed by atoms with Crippen LogP contribution in [0.2, 0.25) is 0 Å². The summed E-state index contributed by atoms with van der Waals surface area (Å²) in [5.74, 6) is 0. The van der Waals surface area contributed by atoms with Crippen LogP contribution in [0, 0.1) is 11.3 Å². The summed E-state index contributed by atoms with van der Waals surface area (Å²) in [6.07, 6.45) is 2.65. The highest BCUT2D eigenvalue weighted by molar-refractivity contribution is 5.67. The van der Waals surface area contributed by atoms with E-state index in [0.29, 0.717) is 0 Å². The maximum atomic E-state index is 10.9.